The molecule has 0 unspecified atom stereocenters. The van der Waals surface area contributed by atoms with Crippen LogP contribution in [0, 0.1) is 0 Å². The Morgan fingerprint density at radius 1 is 1.11 bits per heavy atom. The molecule has 6 heteroatoms. The summed E-state index contributed by atoms with van der Waals surface area (Å²) in [7, 11) is 3.27. The van der Waals surface area contributed by atoms with Gasteiger partial charge in [-0.1, -0.05) is 12.1 Å². The van der Waals surface area contributed by atoms with Gasteiger partial charge in [0.2, 0.25) is 0 Å². The first-order valence-corrected chi connectivity index (χ1v) is 5.85. The third-order valence-electron chi connectivity index (χ3n) is 2.71. The Balaban J connectivity index is 2.63. The molecule has 0 saturated carbocycles. The predicted molar refractivity (Wildman–Crippen MR) is 70.0 cm³/mol. The summed E-state index contributed by atoms with van der Waals surface area (Å²) in [5.41, 5.74) is 1.06. The third-order valence-corrected chi connectivity index (χ3v) is 2.71. The maximum atomic E-state index is 11.9. The molecule has 104 valence electrons. The van der Waals surface area contributed by atoms with Crippen LogP contribution in [0.15, 0.2) is 24.3 Å². The van der Waals surface area contributed by atoms with Gasteiger partial charge in [0.1, 0.15) is 0 Å². The number of rotatable bonds is 5. The zero-order chi connectivity index (χ0) is 14.4. The predicted octanol–water partition coefficient (Wildman–Crippen LogP) is 0.861. The second-order valence-electron chi connectivity index (χ2n) is 4.29. The highest BCUT2D eigenvalue weighted by Crippen LogP contribution is 2.08. The maximum Gasteiger partial charge on any atom is 0.335 e. The van der Waals surface area contributed by atoms with Crippen molar-refractivity contribution in [2.24, 2.45) is 0 Å². The minimum Gasteiger partial charge on any atom is -0.478 e. The lowest BCUT2D eigenvalue weighted by Gasteiger charge is -2.24. The van der Waals surface area contributed by atoms with Gasteiger partial charge in [-0.15, -0.1) is 0 Å². The SMILES string of the molecule is CN(CCO)C(=O)N(C)Cc1ccc(C(=O)O)cc1. The molecule has 0 bridgehead atoms. The van der Waals surface area contributed by atoms with Crippen LogP contribution in [0.3, 0.4) is 0 Å². The van der Waals surface area contributed by atoms with E-state index < -0.39 is 5.97 Å². The van der Waals surface area contributed by atoms with Gasteiger partial charge in [0, 0.05) is 27.2 Å². The van der Waals surface area contributed by atoms with Gasteiger partial charge in [-0.3, -0.25) is 0 Å². The van der Waals surface area contributed by atoms with Crippen LogP contribution in [0.2, 0.25) is 0 Å². The summed E-state index contributed by atoms with van der Waals surface area (Å²) >= 11 is 0. The Morgan fingerprint density at radius 3 is 2.16 bits per heavy atom. The zero-order valence-corrected chi connectivity index (χ0v) is 11.0. The number of nitrogens with zero attached hydrogens (tertiary/aromatic N) is 2. The molecule has 0 saturated heterocycles. The summed E-state index contributed by atoms with van der Waals surface area (Å²) in [6, 6.07) is 6.18. The van der Waals surface area contributed by atoms with Crippen molar-refractivity contribution in [2.45, 2.75) is 6.54 Å². The van der Waals surface area contributed by atoms with Crippen LogP contribution in [-0.4, -0.2) is 59.3 Å². The van der Waals surface area contributed by atoms with E-state index in [2.05, 4.69) is 0 Å². The Kier molecular flexibility index (Phi) is 5.32. The van der Waals surface area contributed by atoms with Crippen LogP contribution in [-0.2, 0) is 6.54 Å². The molecule has 2 N–H and O–H groups in total. The fourth-order valence-corrected chi connectivity index (χ4v) is 1.63. The summed E-state index contributed by atoms with van der Waals surface area (Å²) in [6.07, 6.45) is 0. The van der Waals surface area contributed by atoms with E-state index in [0.717, 1.165) is 5.56 Å². The molecule has 0 aliphatic heterocycles. The quantitative estimate of drug-likeness (QED) is 0.828. The number of carbonyl (C=O) groups excluding carboxylic acids is 1. The molecule has 0 atom stereocenters. The van der Waals surface area contributed by atoms with E-state index in [-0.39, 0.29) is 24.7 Å². The number of hydrogen-bond acceptors (Lipinski definition) is 3. The lowest BCUT2D eigenvalue weighted by molar-refractivity contribution is 0.0697. The number of likely N-dealkylation sites (N-methyl/N-ethyl adjacent to an activating group) is 1. The molecule has 0 radical (unpaired) electrons. The largest absolute Gasteiger partial charge is 0.478 e. The summed E-state index contributed by atoms with van der Waals surface area (Å²) in [5.74, 6) is -0.973. The second-order valence-corrected chi connectivity index (χ2v) is 4.29. The first-order valence-electron chi connectivity index (χ1n) is 5.85. The van der Waals surface area contributed by atoms with Gasteiger partial charge in [0.25, 0.3) is 0 Å². The van der Waals surface area contributed by atoms with Gasteiger partial charge in [-0.2, -0.15) is 0 Å². The van der Waals surface area contributed by atoms with E-state index in [1.807, 2.05) is 0 Å². The molecule has 1 aromatic rings. The molecule has 6 nitrogen and oxygen atoms in total. The Morgan fingerprint density at radius 2 is 1.68 bits per heavy atom. The van der Waals surface area contributed by atoms with Gasteiger partial charge in [-0.05, 0) is 17.7 Å². The maximum absolute atomic E-state index is 11.9. The summed E-state index contributed by atoms with van der Waals surface area (Å²) in [4.78, 5) is 25.5. The lowest BCUT2D eigenvalue weighted by Crippen LogP contribution is -2.39. The van der Waals surface area contributed by atoms with Crippen molar-refractivity contribution in [1.29, 1.82) is 0 Å². The number of aliphatic hydroxyl groups excluding tert-OH is 1. The lowest BCUT2D eigenvalue weighted by atomic mass is 10.1. The van der Waals surface area contributed by atoms with Gasteiger partial charge in [-0.25, -0.2) is 9.59 Å². The third kappa shape index (κ3) is 4.26. The monoisotopic (exact) mass is 266 g/mol. The molecule has 0 aromatic heterocycles. The molecule has 0 spiro atoms. The van der Waals surface area contributed by atoms with Crippen LogP contribution in [0.25, 0.3) is 0 Å². The van der Waals surface area contributed by atoms with E-state index in [4.69, 9.17) is 10.2 Å². The number of carbonyl (C=O) groups is 2. The summed E-state index contributed by atoms with van der Waals surface area (Å²) in [5, 5.41) is 17.6. The molecule has 0 fully saturated rings. The second kappa shape index (κ2) is 6.75. The van der Waals surface area contributed by atoms with Crippen molar-refractivity contribution < 1.29 is 19.8 Å². The van der Waals surface area contributed by atoms with Gasteiger partial charge >= 0.3 is 12.0 Å². The molecule has 0 heterocycles. The molecular weight excluding hydrogens is 248 g/mol. The highest BCUT2D eigenvalue weighted by molar-refractivity contribution is 5.87. The Labute approximate surface area is 111 Å². The Bertz CT molecular complexity index is 444. The van der Waals surface area contributed by atoms with Gasteiger partial charge < -0.3 is 20.0 Å². The first-order chi connectivity index (χ1) is 8.95. The molecule has 0 aliphatic carbocycles. The van der Waals surface area contributed by atoms with Crippen LogP contribution >= 0.6 is 0 Å². The number of hydrogen-bond donors (Lipinski definition) is 2. The zero-order valence-electron chi connectivity index (χ0n) is 11.0. The van der Waals surface area contributed by atoms with E-state index in [1.165, 1.54) is 21.9 Å². The number of amides is 2. The van der Waals surface area contributed by atoms with Crippen molar-refractivity contribution in [2.75, 3.05) is 27.2 Å². The fourth-order valence-electron chi connectivity index (χ4n) is 1.63. The summed E-state index contributed by atoms with van der Waals surface area (Å²) in [6.45, 7) is 0.582. The minimum absolute atomic E-state index is 0.0800. The van der Waals surface area contributed by atoms with Crippen LogP contribution in [0.4, 0.5) is 4.79 Å². The molecule has 19 heavy (non-hydrogen) atoms. The van der Waals surface area contributed by atoms with E-state index >= 15 is 0 Å². The average molecular weight is 266 g/mol. The number of carboxylic acid groups (broad SMARTS) is 1. The number of benzene rings is 1. The molecule has 1 rings (SSSR count). The number of aliphatic hydroxyl groups is 1. The fraction of sp³-hybridized carbons (Fsp3) is 0.385. The molecule has 1 aromatic carbocycles. The van der Waals surface area contributed by atoms with Crippen LogP contribution in [0.1, 0.15) is 15.9 Å². The topological polar surface area (TPSA) is 81.1 Å². The number of carboxylic acids is 1. The highest BCUT2D eigenvalue weighted by Gasteiger charge is 2.13. The highest BCUT2D eigenvalue weighted by atomic mass is 16.4. The smallest absolute Gasteiger partial charge is 0.335 e. The molecule has 2 amide bonds. The minimum atomic E-state index is -0.973. The molecular formula is C13H18N2O4. The van der Waals surface area contributed by atoms with Crippen molar-refractivity contribution in [3.8, 4) is 0 Å². The number of urea groups is 1. The van der Waals surface area contributed by atoms with Gasteiger partial charge in [0.15, 0.2) is 0 Å². The Hall–Kier alpha value is -2.08. The van der Waals surface area contributed by atoms with E-state index in [0.29, 0.717) is 6.54 Å². The van der Waals surface area contributed by atoms with Crippen molar-refractivity contribution in [3.63, 3.8) is 0 Å². The van der Waals surface area contributed by atoms with Crippen LogP contribution < -0.4 is 0 Å². The van der Waals surface area contributed by atoms with Crippen LogP contribution in [0.5, 0.6) is 0 Å². The normalized spacial score (nSPS) is 10.1. The molecule has 0 aliphatic rings. The summed E-state index contributed by atoms with van der Waals surface area (Å²) < 4.78 is 0. The average Bonchev–Trinajstić information content (AvgIpc) is 2.38. The van der Waals surface area contributed by atoms with Crippen molar-refractivity contribution in [3.05, 3.63) is 35.4 Å². The van der Waals surface area contributed by atoms with E-state index in [1.54, 1.807) is 26.2 Å². The van der Waals surface area contributed by atoms with Crippen molar-refractivity contribution >= 4 is 12.0 Å². The van der Waals surface area contributed by atoms with E-state index in [9.17, 15) is 9.59 Å². The standard InChI is InChI=1S/C13H18N2O4/c1-14(7-8-16)13(19)15(2)9-10-3-5-11(6-4-10)12(17)18/h3-6,16H,7-9H2,1-2H3,(H,17,18). The van der Waals surface area contributed by atoms with Gasteiger partial charge in [0.05, 0.1) is 12.2 Å². The first kappa shape index (κ1) is 15.0. The van der Waals surface area contributed by atoms with Crippen molar-refractivity contribution in [1.82, 2.24) is 9.80 Å². The number of aromatic carboxylic acids is 1.